The van der Waals surface area contributed by atoms with Crippen LogP contribution in [0.3, 0.4) is 0 Å². The van der Waals surface area contributed by atoms with Crippen LogP contribution in [0.2, 0.25) is 0 Å². The highest BCUT2D eigenvalue weighted by Gasteiger charge is 2.06. The molecule has 1 heterocycles. The van der Waals surface area contributed by atoms with Gasteiger partial charge in [-0.1, -0.05) is 0 Å². The van der Waals surface area contributed by atoms with Gasteiger partial charge in [-0.25, -0.2) is 4.79 Å². The van der Waals surface area contributed by atoms with Gasteiger partial charge in [0.1, 0.15) is 0 Å². The van der Waals surface area contributed by atoms with Crippen LogP contribution in [-0.4, -0.2) is 9.78 Å². The van der Waals surface area contributed by atoms with Gasteiger partial charge < -0.3 is 10.2 Å². The molecule has 0 fully saturated rings. The predicted octanol–water partition coefficient (Wildman–Crippen LogP) is -0.000600. The number of aromatic nitrogens is 2. The fourth-order valence-electron chi connectivity index (χ4n) is 0.630. The zero-order chi connectivity index (χ0) is 7.72. The van der Waals surface area contributed by atoms with Crippen molar-refractivity contribution in [2.75, 3.05) is 5.73 Å². The van der Waals surface area contributed by atoms with E-state index >= 15 is 0 Å². The Hall–Kier alpha value is -1.26. The summed E-state index contributed by atoms with van der Waals surface area (Å²) in [6, 6.07) is -0.0905. The lowest BCUT2D eigenvalue weighted by molar-refractivity contribution is 0.450. The number of nitrogen functional groups attached to an aromatic ring is 1. The first-order valence-corrected chi connectivity index (χ1v) is 2.96. The Morgan fingerprint density at radius 1 is 1.70 bits per heavy atom. The third-order valence-electron chi connectivity index (χ3n) is 1.07. The summed E-state index contributed by atoms with van der Waals surface area (Å²) in [6.45, 7) is 3.65. The lowest BCUT2D eigenvalue weighted by atomic mass is 10.4. The van der Waals surface area contributed by atoms with Crippen LogP contribution >= 0.6 is 0 Å². The molecule has 0 saturated carbocycles. The van der Waals surface area contributed by atoms with Gasteiger partial charge in [0.2, 0.25) is 0 Å². The highest BCUT2D eigenvalue weighted by Crippen LogP contribution is 1.98. The molecule has 0 saturated heterocycles. The molecule has 0 aliphatic carbocycles. The minimum atomic E-state index is -0.507. The van der Waals surface area contributed by atoms with E-state index in [1.165, 1.54) is 4.68 Å². The van der Waals surface area contributed by atoms with Crippen LogP contribution in [0, 0.1) is 0 Å². The second kappa shape index (κ2) is 2.17. The molecule has 0 aliphatic rings. The fraction of sp³-hybridized carbons (Fsp3) is 0.600. The Bertz CT molecular complexity index is 273. The molecule has 56 valence electrons. The van der Waals surface area contributed by atoms with Gasteiger partial charge in [-0.3, -0.25) is 0 Å². The number of hydrogen-bond acceptors (Lipinski definition) is 4. The Morgan fingerprint density at radius 2 is 2.30 bits per heavy atom. The molecule has 5 nitrogen and oxygen atoms in total. The maximum absolute atomic E-state index is 10.7. The maximum atomic E-state index is 10.7. The number of hydrogen-bond donors (Lipinski definition) is 1. The standard InChI is InChI=1S/C5H9N3O2/c1-3(2)8-5(9)10-4(6)7-8/h3H,1-2H3,(H2,6,7). The normalized spacial score (nSPS) is 10.7. The Labute approximate surface area is 57.4 Å². The lowest BCUT2D eigenvalue weighted by Crippen LogP contribution is -2.17. The van der Waals surface area contributed by atoms with Crippen molar-refractivity contribution in [2.24, 2.45) is 0 Å². The average molecular weight is 143 g/mol. The van der Waals surface area contributed by atoms with E-state index in [9.17, 15) is 4.79 Å². The number of nitrogens with two attached hydrogens (primary N) is 1. The zero-order valence-corrected chi connectivity index (χ0v) is 5.87. The Kier molecular flexibility index (Phi) is 1.48. The van der Waals surface area contributed by atoms with Crippen molar-refractivity contribution in [1.29, 1.82) is 0 Å². The molecule has 10 heavy (non-hydrogen) atoms. The van der Waals surface area contributed by atoms with E-state index in [4.69, 9.17) is 5.73 Å². The number of anilines is 1. The number of rotatable bonds is 1. The topological polar surface area (TPSA) is 74.1 Å². The van der Waals surface area contributed by atoms with Crippen molar-refractivity contribution in [1.82, 2.24) is 9.78 Å². The van der Waals surface area contributed by atoms with Crippen LogP contribution in [0.25, 0.3) is 0 Å². The summed E-state index contributed by atoms with van der Waals surface area (Å²) in [4.78, 5) is 10.7. The van der Waals surface area contributed by atoms with Crippen molar-refractivity contribution in [3.05, 3.63) is 10.6 Å². The summed E-state index contributed by atoms with van der Waals surface area (Å²) < 4.78 is 5.64. The first-order valence-electron chi connectivity index (χ1n) is 2.96. The molecule has 1 rings (SSSR count). The van der Waals surface area contributed by atoms with E-state index in [2.05, 4.69) is 9.52 Å². The Balaban J connectivity index is 3.16. The number of nitrogens with zero attached hydrogens (tertiary/aromatic N) is 2. The van der Waals surface area contributed by atoms with Crippen LogP contribution in [0.15, 0.2) is 9.21 Å². The van der Waals surface area contributed by atoms with Gasteiger partial charge in [0, 0.05) is 0 Å². The summed E-state index contributed by atoms with van der Waals surface area (Å²) >= 11 is 0. The van der Waals surface area contributed by atoms with Gasteiger partial charge in [-0.15, -0.1) is 5.10 Å². The van der Waals surface area contributed by atoms with E-state index < -0.39 is 5.76 Å². The van der Waals surface area contributed by atoms with Crippen LogP contribution < -0.4 is 11.5 Å². The predicted molar refractivity (Wildman–Crippen MR) is 35.6 cm³/mol. The molecule has 0 atom stereocenters. The second-order valence-corrected chi connectivity index (χ2v) is 2.24. The van der Waals surface area contributed by atoms with Crippen molar-refractivity contribution >= 4 is 6.01 Å². The third kappa shape index (κ3) is 1.02. The molecule has 1 aromatic rings. The molecule has 0 amide bonds. The monoisotopic (exact) mass is 143 g/mol. The van der Waals surface area contributed by atoms with Crippen LogP contribution in [0.5, 0.6) is 0 Å². The molecular formula is C5H9N3O2. The molecule has 0 radical (unpaired) electrons. The fourth-order valence-corrected chi connectivity index (χ4v) is 0.630. The van der Waals surface area contributed by atoms with E-state index in [0.717, 1.165) is 0 Å². The summed E-state index contributed by atoms with van der Waals surface area (Å²) in [5.41, 5.74) is 5.12. The van der Waals surface area contributed by atoms with E-state index in [1.54, 1.807) is 0 Å². The highest BCUT2D eigenvalue weighted by atomic mass is 16.4. The third-order valence-corrected chi connectivity index (χ3v) is 1.07. The second-order valence-electron chi connectivity index (χ2n) is 2.24. The lowest BCUT2D eigenvalue weighted by Gasteiger charge is -1.97. The van der Waals surface area contributed by atoms with Crippen LogP contribution in [0.1, 0.15) is 19.9 Å². The molecular weight excluding hydrogens is 134 g/mol. The van der Waals surface area contributed by atoms with Gasteiger partial charge in [0.05, 0.1) is 6.04 Å². The van der Waals surface area contributed by atoms with Crippen molar-refractivity contribution in [3.63, 3.8) is 0 Å². The van der Waals surface area contributed by atoms with Gasteiger partial charge >= 0.3 is 11.8 Å². The minimum Gasteiger partial charge on any atom is -0.373 e. The molecule has 5 heteroatoms. The molecule has 0 unspecified atom stereocenters. The summed E-state index contributed by atoms with van der Waals surface area (Å²) in [5.74, 6) is -0.507. The van der Waals surface area contributed by atoms with Gasteiger partial charge in [0.15, 0.2) is 0 Å². The Morgan fingerprint density at radius 3 is 2.50 bits per heavy atom. The largest absolute Gasteiger partial charge is 0.438 e. The van der Waals surface area contributed by atoms with E-state index in [-0.39, 0.29) is 12.1 Å². The zero-order valence-electron chi connectivity index (χ0n) is 5.87. The molecule has 2 N–H and O–H groups in total. The van der Waals surface area contributed by atoms with Gasteiger partial charge in [0.25, 0.3) is 0 Å². The van der Waals surface area contributed by atoms with Crippen LogP contribution in [-0.2, 0) is 0 Å². The minimum absolute atomic E-state index is 0.00597. The van der Waals surface area contributed by atoms with Crippen LogP contribution in [0.4, 0.5) is 6.01 Å². The maximum Gasteiger partial charge on any atom is 0.438 e. The van der Waals surface area contributed by atoms with Crippen molar-refractivity contribution in [3.8, 4) is 0 Å². The van der Waals surface area contributed by atoms with Crippen molar-refractivity contribution < 1.29 is 4.42 Å². The smallest absolute Gasteiger partial charge is 0.373 e. The quantitative estimate of drug-likeness (QED) is 0.600. The first kappa shape index (κ1) is 6.85. The summed E-state index contributed by atoms with van der Waals surface area (Å²) in [6.07, 6.45) is 0. The summed E-state index contributed by atoms with van der Waals surface area (Å²) in [7, 11) is 0. The van der Waals surface area contributed by atoms with Crippen molar-refractivity contribution in [2.45, 2.75) is 19.9 Å². The highest BCUT2D eigenvalue weighted by molar-refractivity contribution is 5.02. The first-order chi connectivity index (χ1) is 4.61. The molecule has 0 aromatic carbocycles. The summed E-state index contributed by atoms with van der Waals surface area (Å²) in [5, 5.41) is 3.62. The van der Waals surface area contributed by atoms with Gasteiger partial charge in [-0.05, 0) is 13.8 Å². The molecule has 0 spiro atoms. The molecule has 0 bridgehead atoms. The SMILES string of the molecule is CC(C)n1nc(N)oc1=O. The van der Waals surface area contributed by atoms with E-state index in [1.807, 2.05) is 13.8 Å². The van der Waals surface area contributed by atoms with Gasteiger partial charge in [-0.2, -0.15) is 4.68 Å². The average Bonchev–Trinajstić information content (AvgIpc) is 2.10. The van der Waals surface area contributed by atoms with E-state index in [0.29, 0.717) is 0 Å². The molecule has 1 aromatic heterocycles. The molecule has 0 aliphatic heterocycles.